The first kappa shape index (κ1) is 16.2. The van der Waals surface area contributed by atoms with Crippen LogP contribution in [0.2, 0.25) is 0 Å². The average Bonchev–Trinajstić information content (AvgIpc) is 2.45. The number of rotatable bonds is 5. The molecule has 0 atom stereocenters. The fourth-order valence-electron chi connectivity index (χ4n) is 2.11. The van der Waals surface area contributed by atoms with Crippen LogP contribution in [0, 0.1) is 6.92 Å². The van der Waals surface area contributed by atoms with Crippen molar-refractivity contribution in [1.82, 2.24) is 0 Å². The maximum absolute atomic E-state index is 5.43. The second kappa shape index (κ2) is 7.18. The quantitative estimate of drug-likeness (QED) is 0.733. The van der Waals surface area contributed by atoms with Gasteiger partial charge in [0.05, 0.1) is 24.4 Å². The van der Waals surface area contributed by atoms with E-state index in [1.165, 1.54) is 0 Å². The Kier molecular flexibility index (Phi) is 5.53. The summed E-state index contributed by atoms with van der Waals surface area (Å²) < 4.78 is 12.6. The largest absolute Gasteiger partial charge is 0.496 e. The van der Waals surface area contributed by atoms with Crippen LogP contribution in [0.25, 0.3) is 0 Å². The van der Waals surface area contributed by atoms with Crippen molar-refractivity contribution in [2.75, 3.05) is 19.5 Å². The molecule has 0 aliphatic rings. The van der Waals surface area contributed by atoms with Gasteiger partial charge in [-0.15, -0.1) is 0 Å². The van der Waals surface area contributed by atoms with Crippen LogP contribution in [0.15, 0.2) is 39.3 Å². The van der Waals surface area contributed by atoms with Gasteiger partial charge in [-0.05, 0) is 58.2 Å². The summed E-state index contributed by atoms with van der Waals surface area (Å²) in [5.41, 5.74) is 3.30. The van der Waals surface area contributed by atoms with E-state index in [-0.39, 0.29) is 0 Å². The SMILES string of the molecule is COc1ccc(CNc2c(C)cc(Br)cc2OC)cc1Br. The van der Waals surface area contributed by atoms with Crippen LogP contribution in [0.4, 0.5) is 5.69 Å². The van der Waals surface area contributed by atoms with Crippen LogP contribution in [0.3, 0.4) is 0 Å². The molecule has 0 unspecified atom stereocenters. The van der Waals surface area contributed by atoms with Gasteiger partial charge < -0.3 is 14.8 Å². The monoisotopic (exact) mass is 413 g/mol. The van der Waals surface area contributed by atoms with Gasteiger partial charge in [-0.25, -0.2) is 0 Å². The molecule has 0 amide bonds. The number of ether oxygens (including phenoxy) is 2. The molecule has 0 saturated carbocycles. The molecule has 2 aromatic carbocycles. The Morgan fingerprint density at radius 1 is 1.00 bits per heavy atom. The minimum absolute atomic E-state index is 0.710. The summed E-state index contributed by atoms with van der Waals surface area (Å²) in [6.45, 7) is 2.76. The highest BCUT2D eigenvalue weighted by atomic mass is 79.9. The lowest BCUT2D eigenvalue weighted by Gasteiger charge is -2.15. The third-order valence-corrected chi connectivity index (χ3v) is 4.25. The maximum Gasteiger partial charge on any atom is 0.143 e. The molecule has 0 aromatic heterocycles. The minimum atomic E-state index is 0.710. The van der Waals surface area contributed by atoms with E-state index in [1.54, 1.807) is 14.2 Å². The van der Waals surface area contributed by atoms with Gasteiger partial charge in [0.1, 0.15) is 11.5 Å². The third kappa shape index (κ3) is 3.92. The van der Waals surface area contributed by atoms with Crippen LogP contribution < -0.4 is 14.8 Å². The smallest absolute Gasteiger partial charge is 0.143 e. The molecule has 0 aliphatic heterocycles. The number of aryl methyl sites for hydroxylation is 1. The molecule has 0 fully saturated rings. The number of hydrogen-bond donors (Lipinski definition) is 1. The van der Waals surface area contributed by atoms with Crippen LogP contribution >= 0.6 is 31.9 Å². The van der Waals surface area contributed by atoms with Gasteiger partial charge in [0, 0.05) is 11.0 Å². The van der Waals surface area contributed by atoms with E-state index in [9.17, 15) is 0 Å². The average molecular weight is 415 g/mol. The highest BCUT2D eigenvalue weighted by Gasteiger charge is 2.08. The number of anilines is 1. The number of methoxy groups -OCH3 is 2. The molecule has 21 heavy (non-hydrogen) atoms. The van der Waals surface area contributed by atoms with Crippen molar-refractivity contribution < 1.29 is 9.47 Å². The first-order valence-corrected chi connectivity index (χ1v) is 8.04. The molecular weight excluding hydrogens is 398 g/mol. The van der Waals surface area contributed by atoms with E-state index in [4.69, 9.17) is 9.47 Å². The van der Waals surface area contributed by atoms with E-state index >= 15 is 0 Å². The summed E-state index contributed by atoms with van der Waals surface area (Å²) in [6.07, 6.45) is 0. The molecule has 5 heteroatoms. The molecule has 0 bridgehead atoms. The molecule has 0 radical (unpaired) electrons. The van der Waals surface area contributed by atoms with Crippen molar-refractivity contribution in [3.05, 3.63) is 50.4 Å². The van der Waals surface area contributed by atoms with Gasteiger partial charge in [-0.3, -0.25) is 0 Å². The van der Waals surface area contributed by atoms with Crippen LogP contribution in [0.5, 0.6) is 11.5 Å². The number of benzene rings is 2. The summed E-state index contributed by atoms with van der Waals surface area (Å²) in [4.78, 5) is 0. The van der Waals surface area contributed by atoms with Crippen molar-refractivity contribution in [2.45, 2.75) is 13.5 Å². The van der Waals surface area contributed by atoms with E-state index < -0.39 is 0 Å². The van der Waals surface area contributed by atoms with Crippen LogP contribution in [-0.2, 0) is 6.54 Å². The first-order chi connectivity index (χ1) is 10.0. The number of hydrogen-bond acceptors (Lipinski definition) is 3. The van der Waals surface area contributed by atoms with Gasteiger partial charge >= 0.3 is 0 Å². The molecular formula is C16H17Br2NO2. The molecule has 0 spiro atoms. The summed E-state index contributed by atoms with van der Waals surface area (Å²) in [5.74, 6) is 1.66. The Bertz CT molecular complexity index is 644. The zero-order valence-corrected chi connectivity index (χ0v) is 15.3. The normalized spacial score (nSPS) is 10.3. The molecule has 0 aliphatic carbocycles. The Labute approximate surface area is 141 Å². The third-order valence-electron chi connectivity index (χ3n) is 3.17. The second-order valence-electron chi connectivity index (χ2n) is 4.62. The molecule has 112 valence electrons. The fraction of sp³-hybridized carbons (Fsp3) is 0.250. The van der Waals surface area contributed by atoms with Gasteiger partial charge in [0.25, 0.3) is 0 Å². The summed E-state index contributed by atoms with van der Waals surface area (Å²) in [6, 6.07) is 10.1. The van der Waals surface area contributed by atoms with Gasteiger partial charge in [0.2, 0.25) is 0 Å². The zero-order chi connectivity index (χ0) is 15.4. The lowest BCUT2D eigenvalue weighted by molar-refractivity contribution is 0.412. The fourth-order valence-corrected chi connectivity index (χ4v) is 3.25. The Hall–Kier alpha value is -1.20. The van der Waals surface area contributed by atoms with E-state index in [0.717, 1.165) is 37.3 Å². The van der Waals surface area contributed by atoms with E-state index in [2.05, 4.69) is 50.2 Å². The molecule has 1 N–H and O–H groups in total. The van der Waals surface area contributed by atoms with Gasteiger partial charge in [-0.2, -0.15) is 0 Å². The number of halogens is 2. The highest BCUT2D eigenvalue weighted by Crippen LogP contribution is 2.33. The van der Waals surface area contributed by atoms with Crippen molar-refractivity contribution >= 4 is 37.5 Å². The van der Waals surface area contributed by atoms with Gasteiger partial charge in [-0.1, -0.05) is 22.0 Å². The summed E-state index contributed by atoms with van der Waals surface area (Å²) in [7, 11) is 3.34. The molecule has 2 rings (SSSR count). The molecule has 2 aromatic rings. The summed E-state index contributed by atoms with van der Waals surface area (Å²) >= 11 is 6.98. The molecule has 3 nitrogen and oxygen atoms in total. The van der Waals surface area contributed by atoms with Crippen molar-refractivity contribution in [2.24, 2.45) is 0 Å². The predicted octanol–water partition coefficient (Wildman–Crippen LogP) is 5.15. The predicted molar refractivity (Wildman–Crippen MR) is 93.5 cm³/mol. The Morgan fingerprint density at radius 3 is 2.33 bits per heavy atom. The van der Waals surface area contributed by atoms with Crippen LogP contribution in [0.1, 0.15) is 11.1 Å². The second-order valence-corrected chi connectivity index (χ2v) is 6.39. The first-order valence-electron chi connectivity index (χ1n) is 6.45. The maximum atomic E-state index is 5.43. The Balaban J connectivity index is 2.18. The van der Waals surface area contributed by atoms with Crippen molar-refractivity contribution in [3.8, 4) is 11.5 Å². The van der Waals surface area contributed by atoms with E-state index in [0.29, 0.717) is 6.54 Å². The number of nitrogens with one attached hydrogen (secondary N) is 1. The van der Waals surface area contributed by atoms with E-state index in [1.807, 2.05) is 24.3 Å². The standard InChI is InChI=1S/C16H17Br2NO2/c1-10-6-12(17)8-15(21-3)16(10)19-9-11-4-5-14(20-2)13(18)7-11/h4-8,19H,9H2,1-3H3. The Morgan fingerprint density at radius 2 is 1.71 bits per heavy atom. The molecule has 0 heterocycles. The van der Waals surface area contributed by atoms with Crippen LogP contribution in [-0.4, -0.2) is 14.2 Å². The summed E-state index contributed by atoms with van der Waals surface area (Å²) in [5, 5.41) is 3.43. The topological polar surface area (TPSA) is 30.5 Å². The molecule has 0 saturated heterocycles. The lowest BCUT2D eigenvalue weighted by atomic mass is 10.1. The van der Waals surface area contributed by atoms with Gasteiger partial charge in [0.15, 0.2) is 0 Å². The van der Waals surface area contributed by atoms with Crippen molar-refractivity contribution in [3.63, 3.8) is 0 Å². The minimum Gasteiger partial charge on any atom is -0.496 e. The van der Waals surface area contributed by atoms with Crippen molar-refractivity contribution in [1.29, 1.82) is 0 Å². The highest BCUT2D eigenvalue weighted by molar-refractivity contribution is 9.10. The zero-order valence-electron chi connectivity index (χ0n) is 12.2. The lowest BCUT2D eigenvalue weighted by Crippen LogP contribution is -2.03.